The van der Waals surface area contributed by atoms with Crippen molar-refractivity contribution in [1.29, 1.82) is 0 Å². The number of ether oxygens (including phenoxy) is 2. The van der Waals surface area contributed by atoms with Gasteiger partial charge >= 0.3 is 0 Å². The van der Waals surface area contributed by atoms with Crippen molar-refractivity contribution in [3.63, 3.8) is 0 Å². The Balaban J connectivity index is 1.40. The van der Waals surface area contributed by atoms with Gasteiger partial charge in [-0.2, -0.15) is 0 Å². The van der Waals surface area contributed by atoms with Crippen molar-refractivity contribution in [1.82, 2.24) is 9.47 Å². The zero-order valence-corrected chi connectivity index (χ0v) is 20.6. The van der Waals surface area contributed by atoms with Crippen molar-refractivity contribution in [3.05, 3.63) is 64.3 Å². The Bertz CT molecular complexity index is 1230. The number of hydrogen-bond donors (Lipinski definition) is 0. The molecule has 3 atom stereocenters. The fourth-order valence-electron chi connectivity index (χ4n) is 6.39. The van der Waals surface area contributed by atoms with Crippen molar-refractivity contribution < 1.29 is 14.3 Å². The molecule has 2 unspecified atom stereocenters. The molecule has 1 aromatic heterocycles. The lowest BCUT2D eigenvalue weighted by atomic mass is 9.96. The van der Waals surface area contributed by atoms with Crippen molar-refractivity contribution in [2.24, 2.45) is 5.92 Å². The summed E-state index contributed by atoms with van der Waals surface area (Å²) in [6.45, 7) is 4.19. The molecular weight excluding hydrogens is 448 g/mol. The first-order valence-corrected chi connectivity index (χ1v) is 12.7. The number of Topliss-reactive ketones (excluding diaryl/α,β-unsaturated/α-hetero) is 1. The van der Waals surface area contributed by atoms with E-state index in [1.807, 2.05) is 24.3 Å². The van der Waals surface area contributed by atoms with Gasteiger partial charge in [-0.15, -0.1) is 0 Å². The first kappa shape index (κ1) is 22.3. The average molecular weight is 479 g/mol. The van der Waals surface area contributed by atoms with Crippen LogP contribution in [0.4, 0.5) is 0 Å². The SMILES string of the molecule is CO[C@H]1CC2CCC1N2CC(=O)c1c(C)n(-c2ccc(Cl)cc2)c2cc(CC3COC3)ccc12. The summed E-state index contributed by atoms with van der Waals surface area (Å²) in [6, 6.07) is 15.3. The Morgan fingerprint density at radius 2 is 1.94 bits per heavy atom. The van der Waals surface area contributed by atoms with E-state index >= 15 is 0 Å². The number of aromatic nitrogens is 1. The molecule has 2 aromatic carbocycles. The second-order valence-electron chi connectivity index (χ2n) is 10.1. The molecule has 178 valence electrons. The number of carbonyl (C=O) groups is 1. The van der Waals surface area contributed by atoms with E-state index in [4.69, 9.17) is 21.1 Å². The maximum Gasteiger partial charge on any atom is 0.179 e. The molecule has 0 spiro atoms. The van der Waals surface area contributed by atoms with Gasteiger partial charge in [-0.25, -0.2) is 0 Å². The summed E-state index contributed by atoms with van der Waals surface area (Å²) in [5, 5.41) is 1.73. The van der Waals surface area contributed by atoms with Crippen molar-refractivity contribution in [2.75, 3.05) is 26.9 Å². The highest BCUT2D eigenvalue weighted by atomic mass is 35.5. The summed E-state index contributed by atoms with van der Waals surface area (Å²) in [5.41, 5.74) is 5.22. The summed E-state index contributed by atoms with van der Waals surface area (Å²) in [6.07, 6.45) is 4.57. The second kappa shape index (κ2) is 8.80. The maximum atomic E-state index is 13.8. The van der Waals surface area contributed by atoms with Gasteiger partial charge in [0, 0.05) is 52.5 Å². The predicted octanol–water partition coefficient (Wildman–Crippen LogP) is 5.22. The number of nitrogens with zero attached hydrogens (tertiary/aromatic N) is 2. The Morgan fingerprint density at radius 1 is 1.15 bits per heavy atom. The topological polar surface area (TPSA) is 43.7 Å². The van der Waals surface area contributed by atoms with Crippen molar-refractivity contribution in [2.45, 2.75) is 50.8 Å². The van der Waals surface area contributed by atoms with Crippen LogP contribution in [0.1, 0.15) is 40.9 Å². The highest BCUT2D eigenvalue weighted by molar-refractivity contribution is 6.30. The third kappa shape index (κ3) is 3.70. The fraction of sp³-hybridized carbons (Fsp3) is 0.464. The predicted molar refractivity (Wildman–Crippen MR) is 134 cm³/mol. The number of hydrogen-bond acceptors (Lipinski definition) is 4. The molecule has 3 saturated heterocycles. The molecule has 0 amide bonds. The smallest absolute Gasteiger partial charge is 0.179 e. The van der Waals surface area contributed by atoms with Gasteiger partial charge in [-0.1, -0.05) is 23.7 Å². The molecule has 3 aromatic rings. The number of ketones is 1. The van der Waals surface area contributed by atoms with Gasteiger partial charge in [0.15, 0.2) is 5.78 Å². The number of halogens is 1. The molecule has 0 saturated carbocycles. The molecule has 3 fully saturated rings. The van der Waals surface area contributed by atoms with E-state index in [2.05, 4.69) is 34.6 Å². The van der Waals surface area contributed by atoms with Gasteiger partial charge < -0.3 is 14.0 Å². The summed E-state index contributed by atoms with van der Waals surface area (Å²) < 4.78 is 13.3. The lowest BCUT2D eigenvalue weighted by Crippen LogP contribution is -2.37. The van der Waals surface area contributed by atoms with E-state index in [-0.39, 0.29) is 11.9 Å². The van der Waals surface area contributed by atoms with Crippen LogP contribution in [0.3, 0.4) is 0 Å². The summed E-state index contributed by atoms with van der Waals surface area (Å²) in [5.74, 6) is 0.780. The molecule has 6 rings (SSSR count). The Kier molecular flexibility index (Phi) is 5.77. The first-order valence-electron chi connectivity index (χ1n) is 12.3. The van der Waals surface area contributed by atoms with Gasteiger partial charge in [-0.3, -0.25) is 9.69 Å². The van der Waals surface area contributed by atoms with Crippen LogP contribution in [0, 0.1) is 12.8 Å². The van der Waals surface area contributed by atoms with Crippen LogP contribution >= 0.6 is 11.6 Å². The zero-order valence-electron chi connectivity index (χ0n) is 19.8. The van der Waals surface area contributed by atoms with Gasteiger partial charge in [0.1, 0.15) is 0 Å². The van der Waals surface area contributed by atoms with Crippen LogP contribution in [0.15, 0.2) is 42.5 Å². The normalized spacial score (nSPS) is 24.7. The zero-order chi connectivity index (χ0) is 23.4. The molecule has 6 heteroatoms. The van der Waals surface area contributed by atoms with Crippen molar-refractivity contribution in [3.8, 4) is 5.69 Å². The molecule has 0 N–H and O–H groups in total. The monoisotopic (exact) mass is 478 g/mol. The quantitative estimate of drug-likeness (QED) is 0.437. The van der Waals surface area contributed by atoms with Gasteiger partial charge in [0.2, 0.25) is 0 Å². The third-order valence-corrected chi connectivity index (χ3v) is 8.37. The van der Waals surface area contributed by atoms with Crippen LogP contribution in [0.2, 0.25) is 5.02 Å². The summed E-state index contributed by atoms with van der Waals surface area (Å²) in [7, 11) is 1.79. The first-order chi connectivity index (χ1) is 16.5. The van der Waals surface area contributed by atoms with Crippen LogP contribution in [0.5, 0.6) is 0 Å². The minimum atomic E-state index is 0.198. The van der Waals surface area contributed by atoms with Crippen LogP contribution in [0.25, 0.3) is 16.6 Å². The maximum absolute atomic E-state index is 13.8. The number of carbonyl (C=O) groups excluding carboxylic acids is 1. The minimum Gasteiger partial charge on any atom is -0.381 e. The Labute approximate surface area is 205 Å². The molecule has 0 aliphatic carbocycles. The molecule has 2 bridgehead atoms. The van der Waals surface area contributed by atoms with E-state index in [1.54, 1.807) is 7.11 Å². The van der Waals surface area contributed by atoms with Gasteiger partial charge in [0.25, 0.3) is 0 Å². The Hall–Kier alpha value is -2.18. The average Bonchev–Trinajstić information content (AvgIpc) is 3.44. The van der Waals surface area contributed by atoms with Crippen LogP contribution in [-0.2, 0) is 15.9 Å². The summed E-state index contributed by atoms with van der Waals surface area (Å²) >= 11 is 6.18. The molecule has 3 aliphatic rings. The molecule has 34 heavy (non-hydrogen) atoms. The largest absolute Gasteiger partial charge is 0.381 e. The number of methoxy groups -OCH3 is 1. The lowest BCUT2D eigenvalue weighted by Gasteiger charge is -2.25. The van der Waals surface area contributed by atoms with E-state index in [9.17, 15) is 4.79 Å². The van der Waals surface area contributed by atoms with E-state index < -0.39 is 0 Å². The number of benzene rings is 2. The standard InChI is InChI=1S/C28H31ClN2O3/c1-17-28(26(32)14-30-22-8-10-24(30)27(13-22)33-2)23-9-3-18(11-19-15-34-16-19)12-25(23)31(17)21-6-4-20(29)5-7-21/h3-7,9,12,19,22,24,27H,8,10-11,13-16H2,1-2H3/t22?,24?,27-/m0/s1. The van der Waals surface area contributed by atoms with Crippen LogP contribution < -0.4 is 0 Å². The summed E-state index contributed by atoms with van der Waals surface area (Å²) in [4.78, 5) is 16.2. The van der Waals surface area contributed by atoms with Crippen LogP contribution in [-0.4, -0.2) is 60.3 Å². The minimum absolute atomic E-state index is 0.198. The highest BCUT2D eigenvalue weighted by Crippen LogP contribution is 2.40. The van der Waals surface area contributed by atoms with Gasteiger partial charge in [-0.05, 0) is 68.5 Å². The highest BCUT2D eigenvalue weighted by Gasteiger charge is 2.47. The van der Waals surface area contributed by atoms with E-state index in [1.165, 1.54) is 5.56 Å². The third-order valence-electron chi connectivity index (χ3n) is 8.12. The molecular formula is C28H31ClN2O3. The molecule has 4 heterocycles. The second-order valence-corrected chi connectivity index (χ2v) is 10.6. The van der Waals surface area contributed by atoms with E-state index in [0.29, 0.717) is 29.6 Å². The van der Waals surface area contributed by atoms with Crippen molar-refractivity contribution >= 4 is 28.3 Å². The molecule has 5 nitrogen and oxygen atoms in total. The Morgan fingerprint density at radius 3 is 2.62 bits per heavy atom. The lowest BCUT2D eigenvalue weighted by molar-refractivity contribution is -0.0312. The number of rotatable bonds is 7. The van der Waals surface area contributed by atoms with E-state index in [0.717, 1.165) is 66.7 Å². The fourth-order valence-corrected chi connectivity index (χ4v) is 6.51. The number of fused-ring (bicyclic) bond motifs is 3. The molecule has 0 radical (unpaired) electrons. The molecule has 3 aliphatic heterocycles. The van der Waals surface area contributed by atoms with Gasteiger partial charge in [0.05, 0.1) is 31.4 Å².